The molecule has 0 aliphatic heterocycles. The monoisotopic (exact) mass is 211 g/mol. The Labute approximate surface area is 87.1 Å². The smallest absolute Gasteiger partial charge is 0.339 e. The minimum atomic E-state index is -1.08. The highest BCUT2D eigenvalue weighted by Crippen LogP contribution is 2.22. The van der Waals surface area contributed by atoms with Crippen LogP contribution in [-0.2, 0) is 0 Å². The number of hydrogen-bond donors (Lipinski definition) is 3. The summed E-state index contributed by atoms with van der Waals surface area (Å²) in [7, 11) is 1.40. The lowest BCUT2D eigenvalue weighted by atomic mass is 10.0. The molecule has 1 rings (SSSR count). The van der Waals surface area contributed by atoms with E-state index in [0.29, 0.717) is 5.56 Å². The summed E-state index contributed by atoms with van der Waals surface area (Å²) in [5.41, 5.74) is 6.18. The Morgan fingerprint density at radius 2 is 2.27 bits per heavy atom. The highest BCUT2D eigenvalue weighted by molar-refractivity contribution is 5.91. The fourth-order valence-electron chi connectivity index (χ4n) is 1.23. The van der Waals surface area contributed by atoms with Gasteiger partial charge in [0, 0.05) is 0 Å². The molecule has 0 radical (unpaired) electrons. The predicted octanol–water partition coefficient (Wildman–Crippen LogP) is 0.385. The Hall–Kier alpha value is -1.59. The standard InChI is InChI=1S/C10H13NO4/c1-15-9-3-2-6(8(11)5-12)4-7(9)10(13)14/h2-4,8,12H,5,11H2,1H3,(H,13,14)/t8-/m1/s1. The van der Waals surface area contributed by atoms with Gasteiger partial charge >= 0.3 is 5.97 Å². The topological polar surface area (TPSA) is 92.8 Å². The third kappa shape index (κ3) is 2.45. The van der Waals surface area contributed by atoms with Crippen molar-refractivity contribution in [3.63, 3.8) is 0 Å². The predicted molar refractivity (Wildman–Crippen MR) is 54.0 cm³/mol. The van der Waals surface area contributed by atoms with Crippen LogP contribution in [0.5, 0.6) is 5.75 Å². The van der Waals surface area contributed by atoms with Gasteiger partial charge in [-0.25, -0.2) is 4.79 Å². The first-order chi connectivity index (χ1) is 7.10. The molecule has 0 fully saturated rings. The number of carboxylic acids is 1. The van der Waals surface area contributed by atoms with Gasteiger partial charge in [0.2, 0.25) is 0 Å². The molecule has 15 heavy (non-hydrogen) atoms. The lowest BCUT2D eigenvalue weighted by Crippen LogP contribution is -2.15. The summed E-state index contributed by atoms with van der Waals surface area (Å²) in [6, 6.07) is 3.98. The van der Waals surface area contributed by atoms with Crippen LogP contribution in [0.15, 0.2) is 18.2 Å². The van der Waals surface area contributed by atoms with E-state index in [4.69, 9.17) is 20.7 Å². The first-order valence-electron chi connectivity index (χ1n) is 4.37. The first kappa shape index (κ1) is 11.5. The number of ether oxygens (including phenoxy) is 1. The summed E-state index contributed by atoms with van der Waals surface area (Å²) in [4.78, 5) is 10.9. The van der Waals surface area contributed by atoms with Crippen LogP contribution in [0.2, 0.25) is 0 Å². The van der Waals surface area contributed by atoms with Gasteiger partial charge in [-0.1, -0.05) is 6.07 Å². The van der Waals surface area contributed by atoms with Crippen LogP contribution in [0, 0.1) is 0 Å². The van der Waals surface area contributed by atoms with Gasteiger partial charge in [0.15, 0.2) is 0 Å². The van der Waals surface area contributed by atoms with Crippen molar-refractivity contribution in [3.05, 3.63) is 29.3 Å². The second kappa shape index (κ2) is 4.77. The van der Waals surface area contributed by atoms with Gasteiger partial charge in [0.05, 0.1) is 19.8 Å². The number of hydrogen-bond acceptors (Lipinski definition) is 4. The van der Waals surface area contributed by atoms with Crippen molar-refractivity contribution >= 4 is 5.97 Å². The van der Waals surface area contributed by atoms with E-state index >= 15 is 0 Å². The molecule has 0 amide bonds. The number of aliphatic hydroxyl groups is 1. The maximum Gasteiger partial charge on any atom is 0.339 e. The van der Waals surface area contributed by atoms with E-state index in [1.165, 1.54) is 19.2 Å². The number of rotatable bonds is 4. The number of carboxylic acid groups (broad SMARTS) is 1. The summed E-state index contributed by atoms with van der Waals surface area (Å²) >= 11 is 0. The summed E-state index contributed by atoms with van der Waals surface area (Å²) in [6.45, 7) is -0.231. The third-order valence-electron chi connectivity index (χ3n) is 2.08. The van der Waals surface area contributed by atoms with E-state index in [1.807, 2.05) is 0 Å². The molecule has 1 aromatic rings. The van der Waals surface area contributed by atoms with Gasteiger partial charge in [0.1, 0.15) is 11.3 Å². The van der Waals surface area contributed by atoms with Crippen molar-refractivity contribution in [2.75, 3.05) is 13.7 Å². The fourth-order valence-corrected chi connectivity index (χ4v) is 1.23. The maximum absolute atomic E-state index is 10.9. The normalized spacial score (nSPS) is 12.2. The number of aliphatic hydroxyl groups excluding tert-OH is 1. The molecule has 0 aliphatic carbocycles. The highest BCUT2D eigenvalue weighted by atomic mass is 16.5. The number of methoxy groups -OCH3 is 1. The van der Waals surface area contributed by atoms with Gasteiger partial charge in [-0.2, -0.15) is 0 Å². The Bertz CT molecular complexity index is 364. The second-order valence-electron chi connectivity index (χ2n) is 3.05. The van der Waals surface area contributed by atoms with E-state index in [0.717, 1.165) is 0 Å². The van der Waals surface area contributed by atoms with Crippen molar-refractivity contribution in [2.45, 2.75) is 6.04 Å². The average Bonchev–Trinajstić information content (AvgIpc) is 2.27. The molecule has 0 spiro atoms. The molecule has 0 aliphatic rings. The van der Waals surface area contributed by atoms with Crippen LogP contribution in [0.4, 0.5) is 0 Å². The Morgan fingerprint density at radius 3 is 2.73 bits per heavy atom. The van der Waals surface area contributed by atoms with Crippen molar-refractivity contribution in [1.29, 1.82) is 0 Å². The molecule has 0 unspecified atom stereocenters. The van der Waals surface area contributed by atoms with E-state index in [1.54, 1.807) is 6.07 Å². The molecular weight excluding hydrogens is 198 g/mol. The van der Waals surface area contributed by atoms with E-state index in [9.17, 15) is 4.79 Å². The molecule has 0 saturated carbocycles. The summed E-state index contributed by atoms with van der Waals surface area (Å²) in [5.74, 6) is -0.810. The molecule has 1 atom stereocenters. The summed E-state index contributed by atoms with van der Waals surface area (Å²) in [6.07, 6.45) is 0. The Balaban J connectivity index is 3.16. The van der Waals surface area contributed by atoms with Gasteiger partial charge < -0.3 is 20.7 Å². The van der Waals surface area contributed by atoms with Crippen molar-refractivity contribution < 1.29 is 19.7 Å². The van der Waals surface area contributed by atoms with Crippen LogP contribution < -0.4 is 10.5 Å². The molecule has 5 nitrogen and oxygen atoms in total. The lowest BCUT2D eigenvalue weighted by molar-refractivity contribution is 0.0693. The zero-order valence-electron chi connectivity index (χ0n) is 8.30. The van der Waals surface area contributed by atoms with E-state index in [2.05, 4.69) is 0 Å². The second-order valence-corrected chi connectivity index (χ2v) is 3.05. The third-order valence-corrected chi connectivity index (χ3v) is 2.08. The van der Waals surface area contributed by atoms with E-state index < -0.39 is 12.0 Å². The Morgan fingerprint density at radius 1 is 1.60 bits per heavy atom. The maximum atomic E-state index is 10.9. The van der Waals surface area contributed by atoms with Gasteiger partial charge in [0.25, 0.3) is 0 Å². The van der Waals surface area contributed by atoms with Crippen LogP contribution in [0.1, 0.15) is 22.0 Å². The number of nitrogens with two attached hydrogens (primary N) is 1. The number of aromatic carboxylic acids is 1. The van der Waals surface area contributed by atoms with Crippen LogP contribution in [0.3, 0.4) is 0 Å². The quantitative estimate of drug-likeness (QED) is 0.669. The van der Waals surface area contributed by atoms with Crippen LogP contribution >= 0.6 is 0 Å². The van der Waals surface area contributed by atoms with Gasteiger partial charge in [-0.05, 0) is 17.7 Å². The lowest BCUT2D eigenvalue weighted by Gasteiger charge is -2.11. The zero-order valence-corrected chi connectivity index (χ0v) is 8.30. The molecule has 82 valence electrons. The molecule has 0 saturated heterocycles. The fraction of sp³-hybridized carbons (Fsp3) is 0.300. The first-order valence-corrected chi connectivity index (χ1v) is 4.37. The molecule has 1 aromatic carbocycles. The van der Waals surface area contributed by atoms with Crippen molar-refractivity contribution in [2.24, 2.45) is 5.73 Å². The molecule has 0 bridgehead atoms. The minimum Gasteiger partial charge on any atom is -0.496 e. The number of carbonyl (C=O) groups is 1. The highest BCUT2D eigenvalue weighted by Gasteiger charge is 2.13. The molecule has 0 aromatic heterocycles. The minimum absolute atomic E-state index is 0.0406. The SMILES string of the molecule is COc1ccc([C@H](N)CO)cc1C(=O)O. The van der Waals surface area contributed by atoms with E-state index in [-0.39, 0.29) is 17.9 Å². The molecule has 5 heteroatoms. The van der Waals surface area contributed by atoms with Gasteiger partial charge in [-0.15, -0.1) is 0 Å². The molecule has 0 heterocycles. The zero-order chi connectivity index (χ0) is 11.4. The van der Waals surface area contributed by atoms with Crippen LogP contribution in [-0.4, -0.2) is 29.9 Å². The Kier molecular flexibility index (Phi) is 3.65. The number of benzene rings is 1. The summed E-state index contributed by atoms with van der Waals surface area (Å²) < 4.78 is 4.89. The van der Waals surface area contributed by atoms with Crippen molar-refractivity contribution in [3.8, 4) is 5.75 Å². The summed E-state index contributed by atoms with van der Waals surface area (Å²) in [5, 5.41) is 17.7. The van der Waals surface area contributed by atoms with Gasteiger partial charge in [-0.3, -0.25) is 0 Å². The largest absolute Gasteiger partial charge is 0.496 e. The average molecular weight is 211 g/mol. The van der Waals surface area contributed by atoms with Crippen molar-refractivity contribution in [1.82, 2.24) is 0 Å². The van der Waals surface area contributed by atoms with Crippen LogP contribution in [0.25, 0.3) is 0 Å². The molecular formula is C10H13NO4. The molecule has 4 N–H and O–H groups in total.